The van der Waals surface area contributed by atoms with Crippen LogP contribution in [0.1, 0.15) is 45.7 Å². The molecule has 0 fully saturated rings. The third kappa shape index (κ3) is 2.97. The second-order valence-corrected chi connectivity index (χ2v) is 7.84. The lowest BCUT2D eigenvalue weighted by atomic mass is 9.95. The van der Waals surface area contributed by atoms with E-state index >= 15 is 0 Å². The fraction of sp³-hybridized carbons (Fsp3) is 0.200. The Labute approximate surface area is 184 Å². The molecule has 32 heavy (non-hydrogen) atoms. The minimum Gasteiger partial charge on any atom is -0.465 e. The first kappa shape index (κ1) is 18.7. The summed E-state index contributed by atoms with van der Waals surface area (Å²) in [5.74, 6) is 1.97. The van der Waals surface area contributed by atoms with Crippen LogP contribution in [0.2, 0.25) is 0 Å². The van der Waals surface area contributed by atoms with Crippen molar-refractivity contribution in [2.75, 3.05) is 13.9 Å². The molecule has 6 rings (SSSR count). The van der Waals surface area contributed by atoms with E-state index in [9.17, 15) is 4.79 Å². The average molecular weight is 428 g/mol. The summed E-state index contributed by atoms with van der Waals surface area (Å²) in [6.45, 7) is 0.241. The third-order valence-corrected chi connectivity index (χ3v) is 6.02. The Morgan fingerprint density at radius 2 is 1.81 bits per heavy atom. The largest absolute Gasteiger partial charge is 0.465 e. The number of carbonyl (C=O) groups excluding carboxylic acids is 1. The van der Waals surface area contributed by atoms with Gasteiger partial charge in [0.05, 0.1) is 24.4 Å². The molecule has 0 spiro atoms. The van der Waals surface area contributed by atoms with Crippen LogP contribution in [0.3, 0.4) is 0 Å². The Balaban J connectivity index is 1.39. The molecular weight excluding hydrogens is 408 g/mol. The van der Waals surface area contributed by atoms with Crippen LogP contribution in [0.15, 0.2) is 71.8 Å². The monoisotopic (exact) mass is 428 g/mol. The number of hydrogen-bond donors (Lipinski definition) is 0. The Hall–Kier alpha value is -4.00. The number of fused-ring (bicyclic) bond motifs is 4. The number of nitrogens with zero attached hydrogens (tertiary/aromatic N) is 2. The SMILES string of the molecule is COC(=O)c1ccc(C2Oc3ccccc3C3CC(c4ccc5c(c4)OCO5)=NN32)cc1. The van der Waals surface area contributed by atoms with Crippen LogP contribution in [0.25, 0.3) is 0 Å². The van der Waals surface area contributed by atoms with Gasteiger partial charge in [-0.1, -0.05) is 30.3 Å². The van der Waals surface area contributed by atoms with Gasteiger partial charge in [0, 0.05) is 23.1 Å². The smallest absolute Gasteiger partial charge is 0.337 e. The predicted octanol–water partition coefficient (Wildman–Crippen LogP) is 4.44. The van der Waals surface area contributed by atoms with Gasteiger partial charge in [0.15, 0.2) is 11.5 Å². The quantitative estimate of drug-likeness (QED) is 0.575. The van der Waals surface area contributed by atoms with Gasteiger partial charge in [-0.3, -0.25) is 0 Å². The van der Waals surface area contributed by atoms with Crippen molar-refractivity contribution in [2.45, 2.75) is 18.7 Å². The van der Waals surface area contributed by atoms with Crippen LogP contribution in [0, 0.1) is 0 Å². The topological polar surface area (TPSA) is 69.6 Å². The molecule has 0 aliphatic carbocycles. The third-order valence-electron chi connectivity index (χ3n) is 6.02. The fourth-order valence-electron chi connectivity index (χ4n) is 4.41. The molecule has 2 unspecified atom stereocenters. The molecule has 0 radical (unpaired) electrons. The van der Waals surface area contributed by atoms with Crippen LogP contribution in [0.5, 0.6) is 17.2 Å². The van der Waals surface area contributed by atoms with Crippen molar-refractivity contribution in [1.82, 2.24) is 5.01 Å². The summed E-state index contributed by atoms with van der Waals surface area (Å²) >= 11 is 0. The molecule has 2 atom stereocenters. The highest BCUT2D eigenvalue weighted by Crippen LogP contribution is 2.47. The van der Waals surface area contributed by atoms with Crippen molar-refractivity contribution >= 4 is 11.7 Å². The van der Waals surface area contributed by atoms with E-state index in [0.717, 1.165) is 46.1 Å². The molecule has 0 aromatic heterocycles. The van der Waals surface area contributed by atoms with Gasteiger partial charge in [0.1, 0.15) is 5.75 Å². The molecular formula is C25H20N2O5. The molecule has 3 aliphatic rings. The van der Waals surface area contributed by atoms with E-state index in [2.05, 4.69) is 6.07 Å². The highest BCUT2D eigenvalue weighted by molar-refractivity contribution is 6.02. The summed E-state index contributed by atoms with van der Waals surface area (Å²) in [6, 6.07) is 21.3. The molecule has 3 aliphatic heterocycles. The number of hydrazone groups is 1. The van der Waals surface area contributed by atoms with Crippen LogP contribution in [-0.4, -0.2) is 30.6 Å². The number of rotatable bonds is 3. The van der Waals surface area contributed by atoms with E-state index in [4.69, 9.17) is 24.0 Å². The predicted molar refractivity (Wildman–Crippen MR) is 116 cm³/mol. The van der Waals surface area contributed by atoms with Gasteiger partial charge < -0.3 is 18.9 Å². The summed E-state index contributed by atoms with van der Waals surface area (Å²) in [7, 11) is 1.37. The van der Waals surface area contributed by atoms with Gasteiger partial charge in [0.25, 0.3) is 0 Å². The fourth-order valence-corrected chi connectivity index (χ4v) is 4.41. The van der Waals surface area contributed by atoms with Crippen molar-refractivity contribution in [3.05, 3.63) is 89.0 Å². The van der Waals surface area contributed by atoms with Crippen LogP contribution < -0.4 is 14.2 Å². The summed E-state index contributed by atoms with van der Waals surface area (Å²) in [5, 5.41) is 6.98. The molecule has 0 N–H and O–H groups in total. The number of benzene rings is 3. The number of methoxy groups -OCH3 is 1. The second-order valence-electron chi connectivity index (χ2n) is 7.84. The van der Waals surface area contributed by atoms with Gasteiger partial charge >= 0.3 is 5.97 Å². The molecule has 0 saturated heterocycles. The highest BCUT2D eigenvalue weighted by Gasteiger charge is 2.41. The van der Waals surface area contributed by atoms with Crippen LogP contribution in [-0.2, 0) is 4.74 Å². The molecule has 160 valence electrons. The van der Waals surface area contributed by atoms with E-state index < -0.39 is 6.23 Å². The maximum Gasteiger partial charge on any atom is 0.337 e. The minimum atomic E-state index is -0.409. The Morgan fingerprint density at radius 3 is 2.66 bits per heavy atom. The lowest BCUT2D eigenvalue weighted by Gasteiger charge is -2.38. The first-order valence-electron chi connectivity index (χ1n) is 10.4. The highest BCUT2D eigenvalue weighted by atomic mass is 16.7. The minimum absolute atomic E-state index is 0.0469. The van der Waals surface area contributed by atoms with Crippen LogP contribution >= 0.6 is 0 Å². The molecule has 0 saturated carbocycles. The summed E-state index contributed by atoms with van der Waals surface area (Å²) in [4.78, 5) is 11.8. The maximum absolute atomic E-state index is 11.8. The molecule has 3 heterocycles. The zero-order valence-electron chi connectivity index (χ0n) is 17.4. The standard InChI is InChI=1S/C25H20N2O5/c1-29-25(28)16-8-6-15(7-9-16)24-27-20(18-4-2-3-5-21(18)32-24)13-19(26-27)17-10-11-22-23(12-17)31-14-30-22/h2-12,20,24H,13-14H2,1H3. The van der Waals surface area contributed by atoms with Gasteiger partial charge in [-0.15, -0.1) is 0 Å². The lowest BCUT2D eigenvalue weighted by Crippen LogP contribution is -2.33. The Kier molecular flexibility index (Phi) is 4.28. The molecule has 7 nitrogen and oxygen atoms in total. The zero-order chi connectivity index (χ0) is 21.7. The van der Waals surface area contributed by atoms with E-state index in [0.29, 0.717) is 5.56 Å². The van der Waals surface area contributed by atoms with Crippen LogP contribution in [0.4, 0.5) is 0 Å². The number of hydrogen-bond acceptors (Lipinski definition) is 7. The molecule has 0 bridgehead atoms. The van der Waals surface area contributed by atoms with Gasteiger partial charge in [-0.25, -0.2) is 9.80 Å². The Bertz CT molecular complexity index is 1240. The Morgan fingerprint density at radius 1 is 1.00 bits per heavy atom. The molecule has 3 aromatic rings. The summed E-state index contributed by atoms with van der Waals surface area (Å²) in [6.07, 6.45) is 0.338. The van der Waals surface area contributed by atoms with Crippen molar-refractivity contribution in [3.63, 3.8) is 0 Å². The van der Waals surface area contributed by atoms with Crippen molar-refractivity contribution in [2.24, 2.45) is 5.10 Å². The lowest BCUT2D eigenvalue weighted by molar-refractivity contribution is -0.0190. The molecule has 0 amide bonds. The maximum atomic E-state index is 11.8. The van der Waals surface area contributed by atoms with Gasteiger partial charge in [-0.05, 0) is 36.4 Å². The number of carbonyl (C=O) groups is 1. The second kappa shape index (κ2) is 7.30. The van der Waals surface area contributed by atoms with E-state index in [1.54, 1.807) is 12.1 Å². The normalized spacial score (nSPS) is 20.2. The van der Waals surface area contributed by atoms with E-state index in [-0.39, 0.29) is 18.8 Å². The van der Waals surface area contributed by atoms with Crippen molar-refractivity contribution in [3.8, 4) is 17.2 Å². The van der Waals surface area contributed by atoms with Crippen molar-refractivity contribution < 1.29 is 23.7 Å². The first-order chi connectivity index (χ1) is 15.7. The van der Waals surface area contributed by atoms with Gasteiger partial charge in [0.2, 0.25) is 13.0 Å². The number of ether oxygens (including phenoxy) is 4. The summed E-state index contributed by atoms with van der Waals surface area (Å²) in [5.41, 5.74) is 4.47. The number of para-hydroxylation sites is 1. The van der Waals surface area contributed by atoms with Gasteiger partial charge in [-0.2, -0.15) is 5.10 Å². The molecule has 3 aromatic carbocycles. The number of esters is 1. The average Bonchev–Trinajstić information content (AvgIpc) is 3.50. The van der Waals surface area contributed by atoms with E-state index in [1.807, 2.05) is 53.5 Å². The zero-order valence-corrected chi connectivity index (χ0v) is 17.4. The van der Waals surface area contributed by atoms with E-state index in [1.165, 1.54) is 7.11 Å². The molecule has 7 heteroatoms. The first-order valence-corrected chi connectivity index (χ1v) is 10.4. The summed E-state index contributed by atoms with van der Waals surface area (Å²) < 4.78 is 22.2. The van der Waals surface area contributed by atoms with Crippen molar-refractivity contribution in [1.29, 1.82) is 0 Å².